The van der Waals surface area contributed by atoms with Gasteiger partial charge in [-0.3, -0.25) is 14.6 Å². The number of anilines is 1. The highest BCUT2D eigenvalue weighted by atomic mass is 35.5. The number of aromatic hydroxyl groups is 1. The fourth-order valence-electron chi connectivity index (χ4n) is 3.85. The van der Waals surface area contributed by atoms with E-state index >= 15 is 0 Å². The van der Waals surface area contributed by atoms with Gasteiger partial charge in [0.1, 0.15) is 23.1 Å². The topological polar surface area (TPSA) is 139 Å². The van der Waals surface area contributed by atoms with Crippen LogP contribution in [0.25, 0.3) is 5.57 Å². The molecular formula is C30H36ClN3O7S. The minimum absolute atomic E-state index is 0.0951. The average Bonchev–Trinajstić information content (AvgIpc) is 3.36. The molecule has 1 aromatic carbocycles. The number of phenolic OH excluding ortho intramolecular Hbond substituents is 1. The van der Waals surface area contributed by atoms with Crippen LogP contribution in [0.5, 0.6) is 5.75 Å². The first-order valence-corrected chi connectivity index (χ1v) is 14.7. The predicted octanol–water partition coefficient (Wildman–Crippen LogP) is 6.21. The van der Waals surface area contributed by atoms with E-state index in [-0.39, 0.29) is 49.5 Å². The Kier molecular flexibility index (Phi) is 14.6. The van der Waals surface area contributed by atoms with Crippen molar-refractivity contribution in [1.29, 1.82) is 5.26 Å². The maximum atomic E-state index is 12.5. The van der Waals surface area contributed by atoms with Crippen LogP contribution in [0.2, 0.25) is 5.02 Å². The van der Waals surface area contributed by atoms with Gasteiger partial charge in [0.2, 0.25) is 0 Å². The summed E-state index contributed by atoms with van der Waals surface area (Å²) in [6.45, 7) is 4.53. The quantitative estimate of drug-likeness (QED) is 0.0581. The number of esters is 3. The second-order valence-corrected chi connectivity index (χ2v) is 10.7. The second kappa shape index (κ2) is 17.8. The summed E-state index contributed by atoms with van der Waals surface area (Å²) in [6, 6.07) is 8.41. The highest BCUT2D eigenvalue weighted by Gasteiger charge is 2.19. The molecule has 0 amide bonds. The normalized spacial score (nSPS) is 11.5. The lowest BCUT2D eigenvalue weighted by Crippen LogP contribution is -2.29. The smallest absolute Gasteiger partial charge is 0.349 e. The van der Waals surface area contributed by atoms with Gasteiger partial charge >= 0.3 is 17.9 Å². The van der Waals surface area contributed by atoms with Gasteiger partial charge in [-0.25, -0.2) is 4.79 Å². The van der Waals surface area contributed by atoms with Crippen molar-refractivity contribution in [3.63, 3.8) is 0 Å². The summed E-state index contributed by atoms with van der Waals surface area (Å²) in [5.41, 5.74) is 1.18. The Labute approximate surface area is 255 Å². The number of halogens is 1. The molecule has 2 aromatic rings. The number of nitriles is 1. The summed E-state index contributed by atoms with van der Waals surface area (Å²) < 4.78 is 14.7. The van der Waals surface area contributed by atoms with Crippen LogP contribution in [-0.2, 0) is 28.6 Å². The van der Waals surface area contributed by atoms with Crippen LogP contribution < -0.4 is 4.90 Å². The summed E-state index contributed by atoms with van der Waals surface area (Å²) in [7, 11) is 2.60. The highest BCUT2D eigenvalue weighted by molar-refractivity contribution is 7.15. The monoisotopic (exact) mass is 617 g/mol. The lowest BCUT2D eigenvalue weighted by Gasteiger charge is -2.24. The zero-order valence-electron chi connectivity index (χ0n) is 24.3. The SMILES string of the molecule is CCCCCCOC(=O)C(C#N)=C(C)c1sc(C=Nc2ccc(N(CCC(=O)OC)CCC(=O)OC)cc2O)cc1Cl. The summed E-state index contributed by atoms with van der Waals surface area (Å²) >= 11 is 7.68. The summed E-state index contributed by atoms with van der Waals surface area (Å²) in [5, 5.41) is 20.6. The number of rotatable bonds is 16. The van der Waals surface area contributed by atoms with Crippen LogP contribution in [-0.4, -0.2) is 63.1 Å². The third-order valence-corrected chi connectivity index (χ3v) is 7.85. The second-order valence-electron chi connectivity index (χ2n) is 9.20. The standard InChI is InChI=1S/C30H36ClN3O7S/c1-5-6-7-8-15-41-30(38)23(18-32)20(2)29-24(31)17-22(42-29)19-33-25-10-9-21(16-26(25)35)34(13-11-27(36)39-3)14-12-28(37)40-4/h9-10,16-17,19,35H,5-8,11-15H2,1-4H3. The molecule has 2 rings (SSSR count). The Morgan fingerprint density at radius 3 is 2.33 bits per heavy atom. The molecule has 12 heteroatoms. The molecule has 226 valence electrons. The van der Waals surface area contributed by atoms with E-state index in [1.807, 2.05) is 6.07 Å². The Morgan fingerprint density at radius 2 is 1.76 bits per heavy atom. The van der Waals surface area contributed by atoms with Gasteiger partial charge in [0.25, 0.3) is 0 Å². The molecule has 0 aliphatic carbocycles. The minimum atomic E-state index is -0.677. The molecule has 0 atom stereocenters. The van der Waals surface area contributed by atoms with Crippen LogP contribution in [0.15, 0.2) is 34.8 Å². The van der Waals surface area contributed by atoms with Gasteiger partial charge in [0, 0.05) is 35.9 Å². The summed E-state index contributed by atoms with van der Waals surface area (Å²) in [6.07, 6.45) is 5.53. The van der Waals surface area contributed by atoms with Crippen molar-refractivity contribution in [2.24, 2.45) is 4.99 Å². The molecule has 0 spiro atoms. The van der Waals surface area contributed by atoms with Crippen molar-refractivity contribution >= 4 is 64.0 Å². The molecule has 0 saturated carbocycles. The number of aliphatic imine (C=N–C) groups is 1. The lowest BCUT2D eigenvalue weighted by molar-refractivity contribution is -0.140. The molecule has 0 radical (unpaired) electrons. The van der Waals surface area contributed by atoms with Crippen molar-refractivity contribution in [2.45, 2.75) is 52.4 Å². The predicted molar refractivity (Wildman–Crippen MR) is 163 cm³/mol. The number of carbonyl (C=O) groups is 3. The van der Waals surface area contributed by atoms with Crippen LogP contribution >= 0.6 is 22.9 Å². The number of nitrogens with zero attached hydrogens (tertiary/aromatic N) is 3. The summed E-state index contributed by atoms with van der Waals surface area (Å²) in [5.74, 6) is -1.59. The third-order valence-electron chi connectivity index (χ3n) is 6.25. The van der Waals surface area contributed by atoms with E-state index in [1.165, 1.54) is 37.8 Å². The number of unbranched alkanes of at least 4 members (excludes halogenated alkanes) is 3. The van der Waals surface area contributed by atoms with Crippen LogP contribution in [0.1, 0.15) is 62.1 Å². The largest absolute Gasteiger partial charge is 0.506 e. The maximum Gasteiger partial charge on any atom is 0.349 e. The molecule has 0 bridgehead atoms. The minimum Gasteiger partial charge on any atom is -0.506 e. The van der Waals surface area contributed by atoms with Crippen molar-refractivity contribution in [1.82, 2.24) is 0 Å². The van der Waals surface area contributed by atoms with Crippen molar-refractivity contribution in [3.05, 3.63) is 44.6 Å². The number of allylic oxidation sites excluding steroid dienone is 1. The number of hydrogen-bond acceptors (Lipinski definition) is 11. The van der Waals surface area contributed by atoms with Crippen LogP contribution in [0.4, 0.5) is 11.4 Å². The van der Waals surface area contributed by atoms with Gasteiger partial charge < -0.3 is 24.2 Å². The summed E-state index contributed by atoms with van der Waals surface area (Å²) in [4.78, 5) is 43.1. The number of hydrogen-bond donors (Lipinski definition) is 1. The van der Waals surface area contributed by atoms with Gasteiger partial charge in [0.15, 0.2) is 0 Å². The van der Waals surface area contributed by atoms with E-state index in [0.29, 0.717) is 26.0 Å². The van der Waals surface area contributed by atoms with Crippen molar-refractivity contribution < 1.29 is 33.7 Å². The fourth-order valence-corrected chi connectivity index (χ4v) is 5.21. The van der Waals surface area contributed by atoms with Gasteiger partial charge in [-0.05, 0) is 37.1 Å². The Balaban J connectivity index is 2.20. The van der Waals surface area contributed by atoms with E-state index in [0.717, 1.165) is 25.7 Å². The fraction of sp³-hybridized carbons (Fsp3) is 0.433. The zero-order valence-corrected chi connectivity index (χ0v) is 25.8. The molecule has 0 aliphatic rings. The molecule has 1 N–H and O–H groups in total. The van der Waals surface area contributed by atoms with Gasteiger partial charge in [-0.15, -0.1) is 11.3 Å². The molecule has 10 nitrogen and oxygen atoms in total. The molecular weight excluding hydrogens is 582 g/mol. The Bertz CT molecular complexity index is 1330. The van der Waals surface area contributed by atoms with E-state index < -0.39 is 17.9 Å². The Hall–Kier alpha value is -3.88. The lowest BCUT2D eigenvalue weighted by atomic mass is 10.1. The average molecular weight is 618 g/mol. The number of methoxy groups -OCH3 is 2. The maximum absolute atomic E-state index is 12.5. The van der Waals surface area contributed by atoms with E-state index in [4.69, 9.17) is 25.8 Å². The first-order valence-electron chi connectivity index (χ1n) is 13.5. The molecule has 1 aromatic heterocycles. The molecule has 42 heavy (non-hydrogen) atoms. The number of carbonyl (C=O) groups excluding carboxylic acids is 3. The van der Waals surface area contributed by atoms with Gasteiger partial charge in [-0.1, -0.05) is 37.8 Å². The van der Waals surface area contributed by atoms with Crippen LogP contribution in [0, 0.1) is 11.3 Å². The number of benzene rings is 1. The first-order chi connectivity index (χ1) is 20.1. The number of ether oxygens (including phenoxy) is 3. The molecule has 1 heterocycles. The molecule has 0 unspecified atom stereocenters. The van der Waals surface area contributed by atoms with E-state index in [1.54, 1.807) is 30.0 Å². The molecule has 0 fully saturated rings. The third kappa shape index (κ3) is 10.5. The van der Waals surface area contributed by atoms with Gasteiger partial charge in [-0.2, -0.15) is 5.26 Å². The zero-order chi connectivity index (χ0) is 31.1. The van der Waals surface area contributed by atoms with Crippen LogP contribution in [0.3, 0.4) is 0 Å². The number of thiophene rings is 1. The van der Waals surface area contributed by atoms with E-state index in [9.17, 15) is 24.8 Å². The first kappa shape index (κ1) is 34.3. The number of phenols is 1. The molecule has 0 aliphatic heterocycles. The van der Waals surface area contributed by atoms with E-state index in [2.05, 4.69) is 11.9 Å². The van der Waals surface area contributed by atoms with Gasteiger partial charge in [0.05, 0.1) is 43.6 Å². The van der Waals surface area contributed by atoms with Crippen molar-refractivity contribution in [3.8, 4) is 11.8 Å². The molecule has 0 saturated heterocycles. The highest BCUT2D eigenvalue weighted by Crippen LogP contribution is 2.35. The Morgan fingerprint density at radius 1 is 1.10 bits per heavy atom. The van der Waals surface area contributed by atoms with Crippen molar-refractivity contribution in [2.75, 3.05) is 38.8 Å².